The molecule has 0 heterocycles. The number of benzene rings is 1. The summed E-state index contributed by atoms with van der Waals surface area (Å²) in [5.41, 5.74) is 0.937. The van der Waals surface area contributed by atoms with Gasteiger partial charge in [0.05, 0.1) is 6.10 Å². The lowest BCUT2D eigenvalue weighted by Crippen LogP contribution is -2.26. The van der Waals surface area contributed by atoms with Gasteiger partial charge in [-0.3, -0.25) is 0 Å². The largest absolute Gasteiger partial charge is 0.488 e. The Morgan fingerprint density at radius 1 is 1.12 bits per heavy atom. The highest BCUT2D eigenvalue weighted by Gasteiger charge is 2.11. The summed E-state index contributed by atoms with van der Waals surface area (Å²) in [6.07, 6.45) is -0.0124. The highest BCUT2D eigenvalue weighted by Crippen LogP contribution is 2.23. The molecule has 0 aliphatic rings. The SMILES string of the molecule is CC(C)N[C@H](C)c1ccc(OC(C)C)c(F)c1. The van der Waals surface area contributed by atoms with Crippen molar-refractivity contribution in [2.75, 3.05) is 0 Å². The zero-order valence-corrected chi connectivity index (χ0v) is 11.3. The zero-order chi connectivity index (χ0) is 13.0. The van der Waals surface area contributed by atoms with E-state index in [4.69, 9.17) is 4.74 Å². The standard InChI is InChI=1S/C14H22FNO/c1-9(2)16-11(5)12-6-7-14(13(15)8-12)17-10(3)4/h6-11,16H,1-5H3/t11-/m1/s1. The average Bonchev–Trinajstić information content (AvgIpc) is 2.19. The van der Waals surface area contributed by atoms with Gasteiger partial charge in [-0.05, 0) is 38.5 Å². The van der Waals surface area contributed by atoms with E-state index in [1.165, 1.54) is 6.07 Å². The fraction of sp³-hybridized carbons (Fsp3) is 0.571. The smallest absolute Gasteiger partial charge is 0.165 e. The molecule has 0 saturated heterocycles. The number of hydrogen-bond acceptors (Lipinski definition) is 2. The minimum Gasteiger partial charge on any atom is -0.488 e. The van der Waals surface area contributed by atoms with Gasteiger partial charge in [0, 0.05) is 12.1 Å². The van der Waals surface area contributed by atoms with Crippen LogP contribution in [0.25, 0.3) is 0 Å². The molecule has 0 bridgehead atoms. The lowest BCUT2D eigenvalue weighted by atomic mass is 10.1. The summed E-state index contributed by atoms with van der Waals surface area (Å²) >= 11 is 0. The third-order valence-electron chi connectivity index (χ3n) is 2.40. The van der Waals surface area contributed by atoms with E-state index >= 15 is 0 Å². The Labute approximate surface area is 103 Å². The van der Waals surface area contributed by atoms with Crippen LogP contribution in [0.4, 0.5) is 4.39 Å². The molecule has 0 aliphatic heterocycles. The van der Waals surface area contributed by atoms with E-state index in [0.717, 1.165) is 5.56 Å². The zero-order valence-electron chi connectivity index (χ0n) is 11.3. The maximum atomic E-state index is 13.8. The average molecular weight is 239 g/mol. The second kappa shape index (κ2) is 6.01. The first-order valence-corrected chi connectivity index (χ1v) is 6.12. The number of halogens is 1. The molecule has 1 aromatic rings. The molecular weight excluding hydrogens is 217 g/mol. The van der Waals surface area contributed by atoms with Crippen molar-refractivity contribution in [3.63, 3.8) is 0 Å². The van der Waals surface area contributed by atoms with Crippen molar-refractivity contribution in [1.82, 2.24) is 5.32 Å². The van der Waals surface area contributed by atoms with E-state index in [-0.39, 0.29) is 18.0 Å². The summed E-state index contributed by atoms with van der Waals surface area (Å²) in [6, 6.07) is 5.65. The van der Waals surface area contributed by atoms with Crippen molar-refractivity contribution in [2.45, 2.75) is 52.8 Å². The van der Waals surface area contributed by atoms with Gasteiger partial charge in [-0.2, -0.15) is 0 Å². The van der Waals surface area contributed by atoms with Crippen LogP contribution in [0.15, 0.2) is 18.2 Å². The third kappa shape index (κ3) is 4.35. The molecule has 96 valence electrons. The number of nitrogens with one attached hydrogen (secondary N) is 1. The number of rotatable bonds is 5. The maximum absolute atomic E-state index is 13.8. The molecule has 2 nitrogen and oxygen atoms in total. The summed E-state index contributed by atoms with van der Waals surface area (Å²) in [4.78, 5) is 0. The Morgan fingerprint density at radius 2 is 1.76 bits per heavy atom. The van der Waals surface area contributed by atoms with Crippen LogP contribution < -0.4 is 10.1 Å². The van der Waals surface area contributed by atoms with E-state index in [1.807, 2.05) is 26.8 Å². The second-order valence-electron chi connectivity index (χ2n) is 4.90. The highest BCUT2D eigenvalue weighted by atomic mass is 19.1. The first-order valence-electron chi connectivity index (χ1n) is 6.12. The van der Waals surface area contributed by atoms with Crippen molar-refractivity contribution in [3.8, 4) is 5.75 Å². The minimum absolute atomic E-state index is 0.0124. The van der Waals surface area contributed by atoms with Gasteiger partial charge in [0.2, 0.25) is 0 Å². The Balaban J connectivity index is 2.81. The molecule has 3 heteroatoms. The number of hydrogen-bond donors (Lipinski definition) is 1. The molecule has 0 spiro atoms. The van der Waals surface area contributed by atoms with Crippen LogP contribution >= 0.6 is 0 Å². The Kier molecular flexibility index (Phi) is 4.94. The molecule has 1 aromatic carbocycles. The molecular formula is C14H22FNO. The molecule has 17 heavy (non-hydrogen) atoms. The Hall–Kier alpha value is -1.09. The van der Waals surface area contributed by atoms with Gasteiger partial charge < -0.3 is 10.1 Å². The molecule has 0 aliphatic carbocycles. The Morgan fingerprint density at radius 3 is 2.24 bits per heavy atom. The first-order chi connectivity index (χ1) is 7.90. The van der Waals surface area contributed by atoms with Crippen LogP contribution in [0.1, 0.15) is 46.2 Å². The van der Waals surface area contributed by atoms with Gasteiger partial charge in [0.25, 0.3) is 0 Å². The summed E-state index contributed by atoms with van der Waals surface area (Å²) in [6.45, 7) is 9.94. The monoisotopic (exact) mass is 239 g/mol. The Bertz CT molecular complexity index is 363. The third-order valence-corrected chi connectivity index (χ3v) is 2.40. The van der Waals surface area contributed by atoms with E-state index < -0.39 is 0 Å². The normalized spacial score (nSPS) is 13.2. The van der Waals surface area contributed by atoms with Crippen molar-refractivity contribution >= 4 is 0 Å². The molecule has 0 aromatic heterocycles. The van der Waals surface area contributed by atoms with E-state index in [9.17, 15) is 4.39 Å². The van der Waals surface area contributed by atoms with Gasteiger partial charge in [-0.15, -0.1) is 0 Å². The van der Waals surface area contributed by atoms with Gasteiger partial charge in [-0.1, -0.05) is 19.9 Å². The summed E-state index contributed by atoms with van der Waals surface area (Å²) in [7, 11) is 0. The van der Waals surface area contributed by atoms with Gasteiger partial charge in [0.1, 0.15) is 0 Å². The first kappa shape index (κ1) is 14.0. The van der Waals surface area contributed by atoms with Crippen LogP contribution in [0, 0.1) is 5.82 Å². The van der Waals surface area contributed by atoms with Crippen LogP contribution in [0.3, 0.4) is 0 Å². The van der Waals surface area contributed by atoms with Crippen LogP contribution in [-0.4, -0.2) is 12.1 Å². The highest BCUT2D eigenvalue weighted by molar-refractivity contribution is 5.31. The van der Waals surface area contributed by atoms with Crippen LogP contribution in [0.5, 0.6) is 5.75 Å². The molecule has 1 rings (SSSR count). The van der Waals surface area contributed by atoms with Crippen molar-refractivity contribution < 1.29 is 9.13 Å². The molecule has 1 atom stereocenters. The van der Waals surface area contributed by atoms with Crippen molar-refractivity contribution in [2.24, 2.45) is 0 Å². The lowest BCUT2D eigenvalue weighted by molar-refractivity contribution is 0.231. The topological polar surface area (TPSA) is 21.3 Å². The second-order valence-corrected chi connectivity index (χ2v) is 4.90. The molecule has 0 radical (unpaired) electrons. The maximum Gasteiger partial charge on any atom is 0.165 e. The van der Waals surface area contributed by atoms with Crippen LogP contribution in [0.2, 0.25) is 0 Å². The molecule has 0 unspecified atom stereocenters. The predicted molar refractivity (Wildman–Crippen MR) is 68.9 cm³/mol. The van der Waals surface area contributed by atoms with E-state index in [0.29, 0.717) is 11.8 Å². The minimum atomic E-state index is -0.298. The van der Waals surface area contributed by atoms with E-state index in [2.05, 4.69) is 19.2 Å². The van der Waals surface area contributed by atoms with Gasteiger partial charge in [-0.25, -0.2) is 4.39 Å². The summed E-state index contributed by atoms with van der Waals surface area (Å²) in [5, 5.41) is 3.34. The van der Waals surface area contributed by atoms with Gasteiger partial charge in [0.15, 0.2) is 11.6 Å². The molecule has 1 N–H and O–H groups in total. The molecule has 0 fully saturated rings. The fourth-order valence-corrected chi connectivity index (χ4v) is 1.73. The molecule has 0 saturated carbocycles. The van der Waals surface area contributed by atoms with Gasteiger partial charge >= 0.3 is 0 Å². The van der Waals surface area contributed by atoms with Crippen LogP contribution in [-0.2, 0) is 0 Å². The quantitative estimate of drug-likeness (QED) is 0.846. The lowest BCUT2D eigenvalue weighted by Gasteiger charge is -2.18. The summed E-state index contributed by atoms with van der Waals surface area (Å²) < 4.78 is 19.1. The molecule has 0 amide bonds. The predicted octanol–water partition coefficient (Wildman–Crippen LogP) is 3.67. The summed E-state index contributed by atoms with van der Waals surface area (Å²) in [5.74, 6) is 0.0223. The van der Waals surface area contributed by atoms with Crippen molar-refractivity contribution in [1.29, 1.82) is 0 Å². The number of ether oxygens (including phenoxy) is 1. The van der Waals surface area contributed by atoms with Crippen molar-refractivity contribution in [3.05, 3.63) is 29.6 Å². The van der Waals surface area contributed by atoms with E-state index in [1.54, 1.807) is 6.07 Å². The fourth-order valence-electron chi connectivity index (χ4n) is 1.73.